The molecule has 1 aromatic heterocycles. The highest BCUT2D eigenvalue weighted by Crippen LogP contribution is 2.24. The summed E-state index contributed by atoms with van der Waals surface area (Å²) in [6.07, 6.45) is 0.281. The average Bonchev–Trinajstić information content (AvgIpc) is 3.09. The second-order valence-electron chi connectivity index (χ2n) is 6.97. The van der Waals surface area contributed by atoms with Gasteiger partial charge in [-0.25, -0.2) is 0 Å². The van der Waals surface area contributed by atoms with Gasteiger partial charge < -0.3 is 14.2 Å². The summed E-state index contributed by atoms with van der Waals surface area (Å²) < 4.78 is 45.9. The Hall–Kier alpha value is -2.14. The number of aromatic nitrogens is 2. The van der Waals surface area contributed by atoms with Gasteiger partial charge in [-0.2, -0.15) is 22.1 Å². The molecule has 0 N–H and O–H groups in total. The molecule has 2 heterocycles. The van der Waals surface area contributed by atoms with E-state index in [0.717, 1.165) is 22.9 Å². The molecule has 1 aliphatic heterocycles. The first-order chi connectivity index (χ1) is 13.8. The Bertz CT molecular complexity index is 911. The molecule has 1 atom stereocenters. The summed E-state index contributed by atoms with van der Waals surface area (Å²) in [6.45, 7) is 1.42. The number of benzene rings is 1. The van der Waals surface area contributed by atoms with Crippen molar-refractivity contribution in [3.63, 3.8) is 0 Å². The molecule has 10 heteroatoms. The minimum absolute atomic E-state index is 0.249. The highest BCUT2D eigenvalue weighted by Gasteiger charge is 2.32. The molecule has 0 radical (unpaired) electrons. The lowest BCUT2D eigenvalue weighted by molar-refractivity contribution is -0.00649. The molecule has 29 heavy (non-hydrogen) atoms. The Morgan fingerprint density at radius 3 is 2.59 bits per heavy atom. The number of aryl methyl sites for hydroxylation is 1. The topological polar surface area (TPSA) is 86.1 Å². The fraction of sp³-hybridized carbons (Fsp3) is 0.526. The van der Waals surface area contributed by atoms with Gasteiger partial charge in [0.05, 0.1) is 26.0 Å². The highest BCUT2D eigenvalue weighted by atomic mass is 32.2. The van der Waals surface area contributed by atoms with Crippen molar-refractivity contribution < 1.29 is 22.6 Å². The Labute approximate surface area is 171 Å². The van der Waals surface area contributed by atoms with Gasteiger partial charge in [-0.15, -0.1) is 0 Å². The van der Waals surface area contributed by atoms with Crippen LogP contribution in [0.3, 0.4) is 0 Å². The molecule has 160 valence electrons. The predicted octanol–water partition coefficient (Wildman–Crippen LogP) is 1.23. The van der Waals surface area contributed by atoms with Gasteiger partial charge in [0, 0.05) is 46.3 Å². The van der Waals surface area contributed by atoms with Gasteiger partial charge in [-0.1, -0.05) is 0 Å². The maximum atomic E-state index is 12.4. The summed E-state index contributed by atoms with van der Waals surface area (Å²) in [4.78, 5) is 0. The molecular weight excluding hydrogens is 396 g/mol. The van der Waals surface area contributed by atoms with Crippen LogP contribution in [-0.2, 0) is 28.4 Å². The van der Waals surface area contributed by atoms with Crippen LogP contribution >= 0.6 is 0 Å². The van der Waals surface area contributed by atoms with E-state index >= 15 is 0 Å². The molecule has 1 saturated heterocycles. The van der Waals surface area contributed by atoms with Crippen LogP contribution in [-0.4, -0.2) is 74.3 Å². The number of hydrogen-bond donors (Lipinski definition) is 0. The number of ether oxygens (including phenoxy) is 3. The van der Waals surface area contributed by atoms with Gasteiger partial charge >= 0.3 is 0 Å². The molecule has 0 spiro atoms. The van der Waals surface area contributed by atoms with E-state index in [1.807, 2.05) is 37.4 Å². The highest BCUT2D eigenvalue weighted by molar-refractivity contribution is 7.86. The normalized spacial score (nSPS) is 18.2. The minimum Gasteiger partial charge on any atom is -0.497 e. The number of methoxy groups -OCH3 is 1. The average molecular weight is 425 g/mol. The summed E-state index contributed by atoms with van der Waals surface area (Å²) in [7, 11) is 3.08. The van der Waals surface area contributed by atoms with Gasteiger partial charge in [0.1, 0.15) is 17.6 Å². The molecule has 0 bridgehead atoms. The lowest BCUT2D eigenvalue weighted by Crippen LogP contribution is -2.47. The van der Waals surface area contributed by atoms with E-state index in [1.54, 1.807) is 11.8 Å². The summed E-state index contributed by atoms with van der Waals surface area (Å²) in [6, 6.07) is 9.39. The molecule has 2 aromatic rings. The van der Waals surface area contributed by atoms with Crippen molar-refractivity contribution in [2.24, 2.45) is 7.05 Å². The van der Waals surface area contributed by atoms with Crippen molar-refractivity contribution >= 4 is 10.2 Å². The van der Waals surface area contributed by atoms with Gasteiger partial charge in [-0.3, -0.25) is 4.68 Å². The lowest BCUT2D eigenvalue weighted by Gasteiger charge is -2.32. The maximum absolute atomic E-state index is 12.4. The van der Waals surface area contributed by atoms with Crippen molar-refractivity contribution in [2.45, 2.75) is 12.5 Å². The SMILES string of the molecule is COc1ccc(OCCc2cc([C@@H]3CN(S(=O)(=O)N(C)C)CCO3)nn2C)cc1. The molecule has 0 unspecified atom stereocenters. The molecule has 1 aliphatic rings. The van der Waals surface area contributed by atoms with Crippen molar-refractivity contribution in [3.05, 3.63) is 41.7 Å². The van der Waals surface area contributed by atoms with Crippen LogP contribution < -0.4 is 9.47 Å². The molecular formula is C19H28N4O5S. The zero-order chi connectivity index (χ0) is 21.0. The van der Waals surface area contributed by atoms with Gasteiger partial charge in [0.25, 0.3) is 10.2 Å². The summed E-state index contributed by atoms with van der Waals surface area (Å²) in [5.74, 6) is 1.56. The zero-order valence-corrected chi connectivity index (χ0v) is 18.1. The third kappa shape index (κ3) is 5.08. The second-order valence-corrected chi connectivity index (χ2v) is 9.11. The molecule has 1 aromatic carbocycles. The smallest absolute Gasteiger partial charge is 0.281 e. The molecule has 9 nitrogen and oxygen atoms in total. The Morgan fingerprint density at radius 2 is 1.93 bits per heavy atom. The fourth-order valence-electron chi connectivity index (χ4n) is 3.11. The number of morpholine rings is 1. The summed E-state index contributed by atoms with van der Waals surface area (Å²) in [5, 5.41) is 4.53. The quantitative estimate of drug-likeness (QED) is 0.634. The number of nitrogens with zero attached hydrogens (tertiary/aromatic N) is 4. The molecule has 0 aliphatic carbocycles. The summed E-state index contributed by atoms with van der Waals surface area (Å²) >= 11 is 0. The van der Waals surface area contributed by atoms with Crippen molar-refractivity contribution in [2.75, 3.05) is 47.5 Å². The van der Waals surface area contributed by atoms with E-state index < -0.39 is 10.2 Å². The van der Waals surface area contributed by atoms with E-state index in [2.05, 4.69) is 5.10 Å². The zero-order valence-electron chi connectivity index (χ0n) is 17.2. The van der Waals surface area contributed by atoms with Crippen LogP contribution in [0.2, 0.25) is 0 Å². The van der Waals surface area contributed by atoms with Crippen molar-refractivity contribution in [1.29, 1.82) is 0 Å². The predicted molar refractivity (Wildman–Crippen MR) is 108 cm³/mol. The first-order valence-electron chi connectivity index (χ1n) is 9.40. The van der Waals surface area contributed by atoms with E-state index in [1.165, 1.54) is 22.7 Å². The van der Waals surface area contributed by atoms with Crippen LogP contribution in [0.1, 0.15) is 17.5 Å². The van der Waals surface area contributed by atoms with Gasteiger partial charge in [0.15, 0.2) is 0 Å². The third-order valence-electron chi connectivity index (χ3n) is 4.83. The minimum atomic E-state index is -3.47. The molecule has 0 saturated carbocycles. The third-order valence-corrected chi connectivity index (χ3v) is 6.74. The van der Waals surface area contributed by atoms with Crippen LogP contribution in [0.4, 0.5) is 0 Å². The van der Waals surface area contributed by atoms with Gasteiger partial charge in [-0.05, 0) is 30.3 Å². The maximum Gasteiger partial charge on any atom is 0.281 e. The fourth-order valence-corrected chi connectivity index (χ4v) is 4.20. The van der Waals surface area contributed by atoms with Gasteiger partial charge in [0.2, 0.25) is 0 Å². The molecule has 3 rings (SSSR count). The Kier molecular flexibility index (Phi) is 6.78. The van der Waals surface area contributed by atoms with Crippen molar-refractivity contribution in [3.8, 4) is 11.5 Å². The standard InChI is InChI=1S/C19H28N4O5S/c1-21(2)29(24,25)23-10-12-28-19(14-23)18-13-15(22(3)20-18)9-11-27-17-7-5-16(26-4)6-8-17/h5-8,13,19H,9-12,14H2,1-4H3/t19-/m0/s1. The van der Waals surface area contributed by atoms with Crippen LogP contribution in [0, 0.1) is 0 Å². The van der Waals surface area contributed by atoms with E-state index in [4.69, 9.17) is 14.2 Å². The number of rotatable bonds is 8. The van der Waals surface area contributed by atoms with Crippen LogP contribution in [0.5, 0.6) is 11.5 Å². The molecule has 0 amide bonds. The largest absolute Gasteiger partial charge is 0.497 e. The first kappa shape index (κ1) is 21.6. The van der Waals surface area contributed by atoms with E-state index in [9.17, 15) is 8.42 Å². The second kappa shape index (κ2) is 9.12. The van der Waals surface area contributed by atoms with Crippen LogP contribution in [0.25, 0.3) is 0 Å². The van der Waals surface area contributed by atoms with E-state index in [0.29, 0.717) is 26.2 Å². The number of hydrogen-bond acceptors (Lipinski definition) is 6. The van der Waals surface area contributed by atoms with E-state index in [-0.39, 0.29) is 12.6 Å². The Balaban J connectivity index is 1.60. The van der Waals surface area contributed by atoms with Crippen molar-refractivity contribution in [1.82, 2.24) is 18.4 Å². The molecule has 1 fully saturated rings. The van der Waals surface area contributed by atoms with Crippen LogP contribution in [0.15, 0.2) is 30.3 Å². The summed E-state index contributed by atoms with van der Waals surface area (Å²) in [5.41, 5.74) is 1.72. The monoisotopic (exact) mass is 424 g/mol. The lowest BCUT2D eigenvalue weighted by atomic mass is 10.2. The Morgan fingerprint density at radius 1 is 1.24 bits per heavy atom. The first-order valence-corrected chi connectivity index (χ1v) is 10.8.